The average Bonchev–Trinajstić information content (AvgIpc) is 3.20. The van der Waals surface area contributed by atoms with E-state index in [0.717, 1.165) is 24.5 Å². The Morgan fingerprint density at radius 2 is 1.93 bits per heavy atom. The zero-order chi connectivity index (χ0) is 18.6. The first-order valence-electron chi connectivity index (χ1n) is 8.51. The number of aromatic nitrogens is 2. The van der Waals surface area contributed by atoms with E-state index in [1.807, 2.05) is 30.3 Å². The number of nitrogens with one attached hydrogen (secondary N) is 1. The van der Waals surface area contributed by atoms with Gasteiger partial charge in [-0.05, 0) is 18.2 Å². The van der Waals surface area contributed by atoms with Gasteiger partial charge >= 0.3 is 0 Å². The van der Waals surface area contributed by atoms with Gasteiger partial charge in [0.25, 0.3) is 5.91 Å². The first-order chi connectivity index (χ1) is 13.2. The molecule has 1 amide bonds. The number of nitrogens with zero attached hydrogens (tertiary/aromatic N) is 3. The molecule has 0 aliphatic carbocycles. The van der Waals surface area contributed by atoms with Gasteiger partial charge in [0.05, 0.1) is 36.3 Å². The van der Waals surface area contributed by atoms with Crippen molar-refractivity contribution >= 4 is 40.4 Å². The molecular formula is C19H17ClN4O2S. The van der Waals surface area contributed by atoms with Crippen LogP contribution in [0, 0.1) is 0 Å². The van der Waals surface area contributed by atoms with Gasteiger partial charge in [-0.15, -0.1) is 11.3 Å². The molecule has 3 heterocycles. The van der Waals surface area contributed by atoms with Crippen LogP contribution < -0.4 is 10.2 Å². The van der Waals surface area contributed by atoms with Gasteiger partial charge in [-0.3, -0.25) is 4.79 Å². The van der Waals surface area contributed by atoms with Gasteiger partial charge in [0.2, 0.25) is 0 Å². The summed E-state index contributed by atoms with van der Waals surface area (Å²) in [5.74, 6) is 0.668. The Bertz CT molecular complexity index is 939. The number of carbonyl (C=O) groups excluding carboxylic acids is 1. The molecule has 0 atom stereocenters. The predicted molar refractivity (Wildman–Crippen MR) is 108 cm³/mol. The Kier molecular flexibility index (Phi) is 5.33. The molecule has 0 saturated carbocycles. The molecule has 0 unspecified atom stereocenters. The number of ether oxygens (including phenoxy) is 1. The van der Waals surface area contributed by atoms with Crippen molar-refractivity contribution < 1.29 is 9.53 Å². The molecule has 6 nitrogen and oxygen atoms in total. The molecule has 138 valence electrons. The van der Waals surface area contributed by atoms with Crippen molar-refractivity contribution in [3.05, 3.63) is 58.7 Å². The molecule has 0 bridgehead atoms. The lowest BCUT2D eigenvalue weighted by Gasteiger charge is -2.27. The summed E-state index contributed by atoms with van der Waals surface area (Å²) < 4.78 is 5.35. The van der Waals surface area contributed by atoms with E-state index in [1.165, 1.54) is 11.3 Å². The second-order valence-electron chi connectivity index (χ2n) is 5.97. The van der Waals surface area contributed by atoms with Gasteiger partial charge in [-0.2, -0.15) is 0 Å². The van der Waals surface area contributed by atoms with Crippen LogP contribution in [-0.4, -0.2) is 42.2 Å². The molecule has 1 aromatic carbocycles. The number of carbonyl (C=O) groups is 1. The highest BCUT2D eigenvalue weighted by Gasteiger charge is 2.15. The minimum absolute atomic E-state index is 0.216. The number of morpholine rings is 1. The van der Waals surface area contributed by atoms with E-state index >= 15 is 0 Å². The SMILES string of the molecule is O=C(Nc1ccc(N2CCOCC2)nc1)c1cnc(-c2ccccc2Cl)s1. The molecule has 4 rings (SSSR count). The highest BCUT2D eigenvalue weighted by molar-refractivity contribution is 7.17. The van der Waals surface area contributed by atoms with Crippen LogP contribution in [0.5, 0.6) is 0 Å². The Morgan fingerprint density at radius 3 is 2.67 bits per heavy atom. The number of anilines is 2. The molecule has 1 aliphatic heterocycles. The second-order valence-corrected chi connectivity index (χ2v) is 7.41. The van der Waals surface area contributed by atoms with Crippen LogP contribution in [0.4, 0.5) is 11.5 Å². The van der Waals surface area contributed by atoms with Gasteiger partial charge in [0.15, 0.2) is 0 Å². The molecule has 1 fully saturated rings. The Labute approximate surface area is 165 Å². The van der Waals surface area contributed by atoms with Gasteiger partial charge < -0.3 is 15.0 Å². The minimum atomic E-state index is -0.216. The zero-order valence-corrected chi connectivity index (χ0v) is 16.0. The smallest absolute Gasteiger partial charge is 0.267 e. The van der Waals surface area contributed by atoms with E-state index in [1.54, 1.807) is 18.5 Å². The largest absolute Gasteiger partial charge is 0.378 e. The lowest BCUT2D eigenvalue weighted by molar-refractivity contribution is 0.103. The van der Waals surface area contributed by atoms with Crippen LogP contribution in [0.2, 0.25) is 5.02 Å². The maximum absolute atomic E-state index is 12.5. The van der Waals surface area contributed by atoms with Crippen LogP contribution in [0.25, 0.3) is 10.6 Å². The molecule has 1 N–H and O–H groups in total. The summed E-state index contributed by atoms with van der Waals surface area (Å²) in [5.41, 5.74) is 1.46. The van der Waals surface area contributed by atoms with E-state index in [4.69, 9.17) is 16.3 Å². The van der Waals surface area contributed by atoms with Crippen molar-refractivity contribution in [3.63, 3.8) is 0 Å². The molecule has 1 saturated heterocycles. The van der Waals surface area contributed by atoms with Crippen molar-refractivity contribution in [1.29, 1.82) is 0 Å². The first kappa shape index (κ1) is 17.9. The summed E-state index contributed by atoms with van der Waals surface area (Å²) in [5, 5.41) is 4.19. The number of pyridine rings is 1. The number of halogens is 1. The summed E-state index contributed by atoms with van der Waals surface area (Å²) in [6.45, 7) is 3.06. The zero-order valence-electron chi connectivity index (χ0n) is 14.4. The van der Waals surface area contributed by atoms with E-state index < -0.39 is 0 Å². The minimum Gasteiger partial charge on any atom is -0.378 e. The summed E-state index contributed by atoms with van der Waals surface area (Å²) >= 11 is 7.51. The van der Waals surface area contributed by atoms with E-state index in [9.17, 15) is 4.79 Å². The highest BCUT2D eigenvalue weighted by Crippen LogP contribution is 2.31. The van der Waals surface area contributed by atoms with E-state index in [-0.39, 0.29) is 5.91 Å². The van der Waals surface area contributed by atoms with Gasteiger partial charge in [0.1, 0.15) is 15.7 Å². The summed E-state index contributed by atoms with van der Waals surface area (Å²) in [7, 11) is 0. The highest BCUT2D eigenvalue weighted by atomic mass is 35.5. The molecule has 1 aliphatic rings. The van der Waals surface area contributed by atoms with E-state index in [2.05, 4.69) is 20.2 Å². The standard InChI is InChI=1S/C19H17ClN4O2S/c20-15-4-2-1-3-14(15)19-22-12-16(27-19)18(25)23-13-5-6-17(21-11-13)24-7-9-26-10-8-24/h1-6,11-12H,7-10H2,(H,23,25). The molecule has 8 heteroatoms. The third kappa shape index (κ3) is 4.10. The lowest BCUT2D eigenvalue weighted by Crippen LogP contribution is -2.36. The van der Waals surface area contributed by atoms with Gasteiger partial charge in [-0.1, -0.05) is 29.8 Å². The number of hydrogen-bond donors (Lipinski definition) is 1. The van der Waals surface area contributed by atoms with Crippen molar-refractivity contribution in [3.8, 4) is 10.6 Å². The van der Waals surface area contributed by atoms with Crippen LogP contribution in [0.15, 0.2) is 48.8 Å². The monoisotopic (exact) mass is 400 g/mol. The number of hydrogen-bond acceptors (Lipinski definition) is 6. The van der Waals surface area contributed by atoms with E-state index in [0.29, 0.717) is 33.8 Å². The number of amides is 1. The fourth-order valence-corrected chi connectivity index (χ4v) is 3.90. The molecule has 27 heavy (non-hydrogen) atoms. The number of benzene rings is 1. The van der Waals surface area contributed by atoms with Gasteiger partial charge in [0, 0.05) is 18.7 Å². The summed E-state index contributed by atoms with van der Waals surface area (Å²) in [6.07, 6.45) is 3.23. The normalized spacial score (nSPS) is 14.2. The molecule has 3 aromatic rings. The molecule has 0 radical (unpaired) electrons. The maximum atomic E-state index is 12.5. The second kappa shape index (κ2) is 8.04. The number of rotatable bonds is 4. The Morgan fingerprint density at radius 1 is 1.11 bits per heavy atom. The van der Waals surface area contributed by atoms with Crippen LogP contribution in [0.3, 0.4) is 0 Å². The maximum Gasteiger partial charge on any atom is 0.267 e. The van der Waals surface area contributed by atoms with Crippen molar-refractivity contribution in [1.82, 2.24) is 9.97 Å². The molecule has 2 aromatic heterocycles. The van der Waals surface area contributed by atoms with Crippen molar-refractivity contribution in [2.24, 2.45) is 0 Å². The third-order valence-electron chi connectivity index (χ3n) is 4.17. The fourth-order valence-electron chi connectivity index (χ4n) is 2.77. The average molecular weight is 401 g/mol. The Hall–Kier alpha value is -2.48. The predicted octanol–water partition coefficient (Wildman–Crippen LogP) is 3.95. The first-order valence-corrected chi connectivity index (χ1v) is 9.71. The molecular weight excluding hydrogens is 384 g/mol. The summed E-state index contributed by atoms with van der Waals surface area (Å²) in [4.78, 5) is 23.9. The third-order valence-corrected chi connectivity index (χ3v) is 5.53. The van der Waals surface area contributed by atoms with Gasteiger partial charge in [-0.25, -0.2) is 9.97 Å². The Balaban J connectivity index is 1.44. The lowest BCUT2D eigenvalue weighted by atomic mass is 10.2. The van der Waals surface area contributed by atoms with Crippen LogP contribution in [0.1, 0.15) is 9.67 Å². The molecule has 0 spiro atoms. The van der Waals surface area contributed by atoms with Crippen LogP contribution >= 0.6 is 22.9 Å². The van der Waals surface area contributed by atoms with Crippen LogP contribution in [-0.2, 0) is 4.74 Å². The topological polar surface area (TPSA) is 67.4 Å². The number of thiazole rings is 1. The van der Waals surface area contributed by atoms with Crippen molar-refractivity contribution in [2.75, 3.05) is 36.5 Å². The van der Waals surface area contributed by atoms with Crippen molar-refractivity contribution in [2.45, 2.75) is 0 Å². The fraction of sp³-hybridized carbons (Fsp3) is 0.211. The quantitative estimate of drug-likeness (QED) is 0.718. The summed E-state index contributed by atoms with van der Waals surface area (Å²) in [6, 6.07) is 11.2.